The molecule has 0 aliphatic carbocycles. The third-order valence-corrected chi connectivity index (χ3v) is 6.90. The largest absolute Gasteiger partial charge is 0.416 e. The van der Waals surface area contributed by atoms with Gasteiger partial charge in [0.1, 0.15) is 0 Å². The molecule has 0 saturated carbocycles. The molecule has 2 saturated heterocycles. The number of hydrogen-bond donors (Lipinski definition) is 1. The summed E-state index contributed by atoms with van der Waals surface area (Å²) in [5.74, 6) is 0. The number of rotatable bonds is 6. The van der Waals surface area contributed by atoms with E-state index in [4.69, 9.17) is 4.74 Å². The molecule has 1 N–H and O–H groups in total. The zero-order valence-corrected chi connectivity index (χ0v) is 18.8. The Morgan fingerprint density at radius 1 is 0.971 bits per heavy atom. The lowest BCUT2D eigenvalue weighted by atomic mass is 9.87. The summed E-state index contributed by atoms with van der Waals surface area (Å²) in [5, 5.41) is 3.56. The molecule has 186 valence electrons. The van der Waals surface area contributed by atoms with Crippen molar-refractivity contribution in [2.75, 3.05) is 26.2 Å². The van der Waals surface area contributed by atoms with Crippen molar-refractivity contribution >= 4 is 0 Å². The maximum Gasteiger partial charge on any atom is 0.416 e. The van der Waals surface area contributed by atoms with Crippen LogP contribution in [0, 0.1) is 0 Å². The van der Waals surface area contributed by atoms with E-state index in [9.17, 15) is 26.3 Å². The zero-order chi connectivity index (χ0) is 24.6. The predicted molar refractivity (Wildman–Crippen MR) is 116 cm³/mol. The summed E-state index contributed by atoms with van der Waals surface area (Å²) in [4.78, 5) is 2.43. The monoisotopic (exact) mass is 486 g/mol. The van der Waals surface area contributed by atoms with Crippen molar-refractivity contribution in [1.29, 1.82) is 0 Å². The van der Waals surface area contributed by atoms with Gasteiger partial charge in [-0.1, -0.05) is 30.3 Å². The second-order valence-corrected chi connectivity index (χ2v) is 9.22. The molecule has 0 amide bonds. The van der Waals surface area contributed by atoms with Crippen LogP contribution >= 0.6 is 0 Å². The van der Waals surface area contributed by atoms with Gasteiger partial charge in [0, 0.05) is 12.6 Å². The normalized spacial score (nSPS) is 25.1. The molecule has 0 aromatic heterocycles. The Morgan fingerprint density at radius 2 is 1.56 bits per heavy atom. The van der Waals surface area contributed by atoms with Crippen molar-refractivity contribution in [1.82, 2.24) is 10.2 Å². The van der Waals surface area contributed by atoms with Gasteiger partial charge in [-0.2, -0.15) is 26.3 Å². The molecule has 2 aliphatic rings. The summed E-state index contributed by atoms with van der Waals surface area (Å²) >= 11 is 0. The van der Waals surface area contributed by atoms with E-state index in [0.717, 1.165) is 56.6 Å². The van der Waals surface area contributed by atoms with E-state index >= 15 is 0 Å². The first-order valence-corrected chi connectivity index (χ1v) is 11.4. The van der Waals surface area contributed by atoms with E-state index < -0.39 is 35.1 Å². The number of likely N-dealkylation sites (tertiary alicyclic amines) is 1. The van der Waals surface area contributed by atoms with E-state index in [1.165, 1.54) is 6.92 Å². The van der Waals surface area contributed by atoms with Crippen molar-refractivity contribution in [2.45, 2.75) is 56.2 Å². The summed E-state index contributed by atoms with van der Waals surface area (Å²) in [6.07, 6.45) is -7.69. The van der Waals surface area contributed by atoms with E-state index in [2.05, 4.69) is 10.2 Å². The van der Waals surface area contributed by atoms with Crippen molar-refractivity contribution in [3.63, 3.8) is 0 Å². The quantitative estimate of drug-likeness (QED) is 0.496. The number of halogens is 6. The summed E-state index contributed by atoms with van der Waals surface area (Å²) in [7, 11) is 0. The van der Waals surface area contributed by atoms with Crippen LogP contribution in [0.4, 0.5) is 26.3 Å². The SMILES string of the molecule is C[C@@H](OCC1(c2ccccc2)CC(N2CCCC2)CN1)c1cc(C(F)(F)F)cc(C(F)(F)F)c1. The highest BCUT2D eigenvalue weighted by molar-refractivity contribution is 5.35. The van der Waals surface area contributed by atoms with Gasteiger partial charge in [0.2, 0.25) is 0 Å². The fourth-order valence-corrected chi connectivity index (χ4v) is 4.97. The van der Waals surface area contributed by atoms with Crippen LogP contribution in [0.25, 0.3) is 0 Å². The topological polar surface area (TPSA) is 24.5 Å². The molecule has 3 nitrogen and oxygen atoms in total. The average molecular weight is 486 g/mol. The molecule has 4 rings (SSSR count). The van der Waals surface area contributed by atoms with Gasteiger partial charge in [0.15, 0.2) is 0 Å². The molecule has 0 bridgehead atoms. The number of nitrogens with zero attached hydrogens (tertiary/aromatic N) is 1. The maximum absolute atomic E-state index is 13.3. The second-order valence-electron chi connectivity index (χ2n) is 9.22. The Balaban J connectivity index is 1.57. The molecular weight excluding hydrogens is 458 g/mol. The lowest BCUT2D eigenvalue weighted by Gasteiger charge is -2.33. The summed E-state index contributed by atoms with van der Waals surface area (Å²) in [5.41, 5.74) is -2.40. The Bertz CT molecular complexity index is 939. The lowest BCUT2D eigenvalue weighted by Crippen LogP contribution is -2.41. The van der Waals surface area contributed by atoms with E-state index in [-0.39, 0.29) is 18.2 Å². The average Bonchev–Trinajstić information content (AvgIpc) is 3.47. The predicted octanol–water partition coefficient (Wildman–Crippen LogP) is 6.16. The summed E-state index contributed by atoms with van der Waals surface area (Å²) in [6, 6.07) is 11.6. The molecule has 2 aromatic rings. The first-order chi connectivity index (χ1) is 16.0. The molecule has 0 spiro atoms. The standard InChI is InChI=1S/C25H28F6N2O/c1-17(18-11-20(24(26,27)28)13-21(12-18)25(29,30)31)34-16-23(19-7-3-2-4-8-19)14-22(15-32-23)33-9-5-6-10-33/h2-4,7-8,11-13,17,22,32H,5-6,9-10,14-16H2,1H3/t17-,22?,23?/m1/s1. The molecule has 0 radical (unpaired) electrons. The zero-order valence-electron chi connectivity index (χ0n) is 18.8. The summed E-state index contributed by atoms with van der Waals surface area (Å²) < 4.78 is 85.7. The van der Waals surface area contributed by atoms with Crippen molar-refractivity contribution < 1.29 is 31.1 Å². The highest BCUT2D eigenvalue weighted by Crippen LogP contribution is 2.39. The molecule has 3 atom stereocenters. The van der Waals surface area contributed by atoms with Crippen LogP contribution in [0.1, 0.15) is 54.5 Å². The van der Waals surface area contributed by atoms with Gasteiger partial charge < -0.3 is 10.1 Å². The first-order valence-electron chi connectivity index (χ1n) is 11.4. The Morgan fingerprint density at radius 3 is 2.12 bits per heavy atom. The van der Waals surface area contributed by atoms with Gasteiger partial charge in [-0.25, -0.2) is 0 Å². The number of benzene rings is 2. The Kier molecular flexibility index (Phi) is 6.99. The third kappa shape index (κ3) is 5.42. The van der Waals surface area contributed by atoms with Crippen LogP contribution in [0.3, 0.4) is 0 Å². The fourth-order valence-electron chi connectivity index (χ4n) is 4.97. The molecule has 9 heteroatoms. The minimum Gasteiger partial charge on any atom is -0.372 e. The molecule has 2 aromatic carbocycles. The number of ether oxygens (including phenoxy) is 1. The van der Waals surface area contributed by atoms with Crippen LogP contribution in [0.2, 0.25) is 0 Å². The minimum atomic E-state index is -4.89. The van der Waals surface area contributed by atoms with Crippen LogP contribution in [-0.4, -0.2) is 37.2 Å². The lowest BCUT2D eigenvalue weighted by molar-refractivity contribution is -0.143. The number of hydrogen-bond acceptors (Lipinski definition) is 3. The van der Waals surface area contributed by atoms with E-state index in [1.807, 2.05) is 30.3 Å². The third-order valence-electron chi connectivity index (χ3n) is 6.90. The Labute approximate surface area is 195 Å². The first kappa shape index (κ1) is 25.0. The van der Waals surface area contributed by atoms with Gasteiger partial charge in [-0.15, -0.1) is 0 Å². The highest BCUT2D eigenvalue weighted by atomic mass is 19.4. The van der Waals surface area contributed by atoms with E-state index in [1.54, 1.807) is 0 Å². The van der Waals surface area contributed by atoms with Crippen LogP contribution in [0.5, 0.6) is 0 Å². The molecule has 34 heavy (non-hydrogen) atoms. The van der Waals surface area contributed by atoms with E-state index in [0.29, 0.717) is 6.04 Å². The van der Waals surface area contributed by atoms with Gasteiger partial charge in [0.25, 0.3) is 0 Å². The van der Waals surface area contributed by atoms with Crippen LogP contribution in [0.15, 0.2) is 48.5 Å². The fraction of sp³-hybridized carbons (Fsp3) is 0.520. The van der Waals surface area contributed by atoms with Crippen LogP contribution < -0.4 is 5.32 Å². The van der Waals surface area contributed by atoms with Crippen molar-refractivity contribution in [3.05, 3.63) is 70.8 Å². The smallest absolute Gasteiger partial charge is 0.372 e. The molecule has 2 heterocycles. The minimum absolute atomic E-state index is 0.125. The number of nitrogens with one attached hydrogen (secondary N) is 1. The number of alkyl halides is 6. The van der Waals surface area contributed by atoms with Gasteiger partial charge in [0.05, 0.1) is 29.4 Å². The van der Waals surface area contributed by atoms with Gasteiger partial charge in [-0.05, 0) is 68.6 Å². The van der Waals surface area contributed by atoms with Crippen LogP contribution in [-0.2, 0) is 22.6 Å². The highest BCUT2D eigenvalue weighted by Gasteiger charge is 2.43. The molecule has 2 unspecified atom stereocenters. The maximum atomic E-state index is 13.3. The molecular formula is C25H28F6N2O. The van der Waals surface area contributed by atoms with Crippen molar-refractivity contribution in [2.24, 2.45) is 0 Å². The molecule has 2 fully saturated rings. The second kappa shape index (κ2) is 9.51. The van der Waals surface area contributed by atoms with Gasteiger partial charge in [-0.3, -0.25) is 4.90 Å². The Hall–Kier alpha value is -2.10. The summed E-state index contributed by atoms with van der Waals surface area (Å²) in [6.45, 7) is 4.41. The van der Waals surface area contributed by atoms with Gasteiger partial charge >= 0.3 is 12.4 Å². The van der Waals surface area contributed by atoms with Crippen molar-refractivity contribution in [3.8, 4) is 0 Å². The molecule has 2 aliphatic heterocycles.